The van der Waals surface area contributed by atoms with E-state index in [4.69, 9.17) is 4.99 Å². The van der Waals surface area contributed by atoms with Gasteiger partial charge in [0.15, 0.2) is 5.96 Å². The van der Waals surface area contributed by atoms with Gasteiger partial charge in [-0.05, 0) is 13.3 Å². The number of nitrogens with zero attached hydrogens (tertiary/aromatic N) is 5. The summed E-state index contributed by atoms with van der Waals surface area (Å²) in [5.41, 5.74) is 1.18. The number of halogens is 1. The predicted octanol–water partition coefficient (Wildman–Crippen LogP) is 3.07. The third kappa shape index (κ3) is 7.39. The molecule has 0 aliphatic heterocycles. The summed E-state index contributed by atoms with van der Waals surface area (Å²) in [6.07, 6.45) is 6.82. The molecule has 2 aromatic rings. The summed E-state index contributed by atoms with van der Waals surface area (Å²) in [7, 11) is 3.99. The van der Waals surface area contributed by atoms with Crippen molar-refractivity contribution in [3.8, 4) is 0 Å². The Bertz CT molecular complexity index is 599. The lowest BCUT2D eigenvalue weighted by Crippen LogP contribution is -2.38. The highest BCUT2D eigenvalue weighted by molar-refractivity contribution is 14.0. The molecule has 134 valence electrons. The molecule has 2 heterocycles. The predicted molar refractivity (Wildman–Crippen MR) is 114 cm³/mol. The molecule has 2 aromatic heterocycles. The average Bonchev–Trinajstić information content (AvgIpc) is 3.17. The van der Waals surface area contributed by atoms with Crippen LogP contribution in [0.15, 0.2) is 33.3 Å². The lowest BCUT2D eigenvalue weighted by Gasteiger charge is -2.21. The molecule has 1 N–H and O–H groups in total. The van der Waals surface area contributed by atoms with Gasteiger partial charge in [0.25, 0.3) is 0 Å². The zero-order valence-electron chi connectivity index (χ0n) is 14.3. The van der Waals surface area contributed by atoms with Crippen LogP contribution in [0.4, 0.5) is 0 Å². The quantitative estimate of drug-likeness (QED) is 0.207. The maximum absolute atomic E-state index is 4.71. The van der Waals surface area contributed by atoms with Crippen LogP contribution >= 0.6 is 47.1 Å². The van der Waals surface area contributed by atoms with Crippen LogP contribution in [0.1, 0.15) is 18.9 Å². The fourth-order valence-electron chi connectivity index (χ4n) is 2.06. The van der Waals surface area contributed by atoms with E-state index in [-0.39, 0.29) is 24.0 Å². The SMILES string of the molecule is CCNC(=NCCCSc1nccs1)N(C)Cc1cnn(C)c1.I. The van der Waals surface area contributed by atoms with Gasteiger partial charge in [-0.1, -0.05) is 11.8 Å². The zero-order chi connectivity index (χ0) is 16.5. The Labute approximate surface area is 169 Å². The van der Waals surface area contributed by atoms with Crippen LogP contribution in [0.3, 0.4) is 0 Å². The van der Waals surface area contributed by atoms with E-state index in [1.807, 2.05) is 35.7 Å². The van der Waals surface area contributed by atoms with Crippen LogP contribution in [0.5, 0.6) is 0 Å². The fraction of sp³-hybridized carbons (Fsp3) is 0.533. The molecule has 9 heteroatoms. The lowest BCUT2D eigenvalue weighted by atomic mass is 10.3. The Hall–Kier alpha value is -0.810. The summed E-state index contributed by atoms with van der Waals surface area (Å²) in [5, 5.41) is 9.56. The van der Waals surface area contributed by atoms with E-state index < -0.39 is 0 Å². The summed E-state index contributed by atoms with van der Waals surface area (Å²) >= 11 is 3.49. The molecule has 0 atom stereocenters. The van der Waals surface area contributed by atoms with Gasteiger partial charge in [-0.25, -0.2) is 4.98 Å². The average molecular weight is 480 g/mol. The second-order valence-electron chi connectivity index (χ2n) is 5.11. The summed E-state index contributed by atoms with van der Waals surface area (Å²) in [5.74, 6) is 1.98. The summed E-state index contributed by atoms with van der Waals surface area (Å²) in [4.78, 5) is 11.1. The minimum Gasteiger partial charge on any atom is -0.357 e. The van der Waals surface area contributed by atoms with E-state index in [2.05, 4.69) is 34.3 Å². The van der Waals surface area contributed by atoms with Gasteiger partial charge in [0.2, 0.25) is 0 Å². The highest BCUT2D eigenvalue weighted by Gasteiger charge is 2.07. The number of thioether (sulfide) groups is 1. The van der Waals surface area contributed by atoms with Gasteiger partial charge >= 0.3 is 0 Å². The summed E-state index contributed by atoms with van der Waals surface area (Å²) in [6.45, 7) is 4.57. The number of aryl methyl sites for hydroxylation is 1. The van der Waals surface area contributed by atoms with E-state index in [9.17, 15) is 0 Å². The van der Waals surface area contributed by atoms with Crippen molar-refractivity contribution in [2.24, 2.45) is 12.0 Å². The number of rotatable bonds is 8. The molecule has 0 saturated carbocycles. The molecule has 0 spiro atoms. The molecule has 6 nitrogen and oxygen atoms in total. The van der Waals surface area contributed by atoms with Gasteiger partial charge in [0.1, 0.15) is 4.34 Å². The lowest BCUT2D eigenvalue weighted by molar-refractivity contribution is 0.476. The van der Waals surface area contributed by atoms with Crippen LogP contribution in [0, 0.1) is 0 Å². The van der Waals surface area contributed by atoms with E-state index >= 15 is 0 Å². The minimum absolute atomic E-state index is 0. The fourth-order valence-corrected chi connectivity index (χ4v) is 3.69. The van der Waals surface area contributed by atoms with Crippen molar-refractivity contribution in [3.05, 3.63) is 29.5 Å². The molecule has 0 radical (unpaired) electrons. The first-order valence-electron chi connectivity index (χ1n) is 7.68. The minimum atomic E-state index is 0. The number of thiazole rings is 1. The highest BCUT2D eigenvalue weighted by atomic mass is 127. The van der Waals surface area contributed by atoms with Crippen molar-refractivity contribution in [2.45, 2.75) is 24.2 Å². The Kier molecular flexibility index (Phi) is 10.3. The summed E-state index contributed by atoms with van der Waals surface area (Å²) in [6, 6.07) is 0. The molecule has 0 bridgehead atoms. The van der Waals surface area contributed by atoms with Gasteiger partial charge in [-0.3, -0.25) is 9.67 Å². The molecule has 24 heavy (non-hydrogen) atoms. The van der Waals surface area contributed by atoms with Gasteiger partial charge in [-0.2, -0.15) is 5.10 Å². The van der Waals surface area contributed by atoms with Crippen molar-refractivity contribution in [1.29, 1.82) is 0 Å². The van der Waals surface area contributed by atoms with E-state index in [0.29, 0.717) is 0 Å². The second kappa shape index (κ2) is 11.7. The topological polar surface area (TPSA) is 58.3 Å². The van der Waals surface area contributed by atoms with Crippen molar-refractivity contribution in [1.82, 2.24) is 25.0 Å². The molecule has 0 aliphatic carbocycles. The number of aromatic nitrogens is 3. The molecule has 0 aromatic carbocycles. The summed E-state index contributed by atoms with van der Waals surface area (Å²) < 4.78 is 2.96. The second-order valence-corrected chi connectivity index (χ2v) is 7.35. The first-order valence-corrected chi connectivity index (χ1v) is 9.55. The Morgan fingerprint density at radius 2 is 2.33 bits per heavy atom. The third-order valence-corrected chi connectivity index (χ3v) is 5.13. The largest absolute Gasteiger partial charge is 0.357 e. The van der Waals surface area contributed by atoms with Crippen LogP contribution in [-0.2, 0) is 13.6 Å². The van der Waals surface area contributed by atoms with E-state index in [1.165, 1.54) is 5.56 Å². The Morgan fingerprint density at radius 3 is 2.96 bits per heavy atom. The molecule has 0 amide bonds. The maximum atomic E-state index is 4.71. The van der Waals surface area contributed by atoms with Crippen molar-refractivity contribution in [2.75, 3.05) is 25.9 Å². The normalized spacial score (nSPS) is 11.2. The van der Waals surface area contributed by atoms with Gasteiger partial charge in [0, 0.05) is 62.8 Å². The number of nitrogens with one attached hydrogen (secondary N) is 1. The third-order valence-electron chi connectivity index (χ3n) is 3.07. The van der Waals surface area contributed by atoms with Gasteiger partial charge < -0.3 is 10.2 Å². The molecular formula is C15H25IN6S2. The van der Waals surface area contributed by atoms with E-state index in [0.717, 1.165) is 42.1 Å². The highest BCUT2D eigenvalue weighted by Crippen LogP contribution is 2.20. The van der Waals surface area contributed by atoms with Crippen molar-refractivity contribution in [3.63, 3.8) is 0 Å². The van der Waals surface area contributed by atoms with Crippen molar-refractivity contribution >= 4 is 53.0 Å². The van der Waals surface area contributed by atoms with Gasteiger partial charge in [0.05, 0.1) is 6.20 Å². The number of aliphatic imine (C=N–C) groups is 1. The molecule has 0 aliphatic rings. The molecular weight excluding hydrogens is 455 g/mol. The number of guanidine groups is 1. The van der Waals surface area contributed by atoms with Crippen molar-refractivity contribution < 1.29 is 0 Å². The maximum Gasteiger partial charge on any atom is 0.193 e. The monoisotopic (exact) mass is 480 g/mol. The van der Waals surface area contributed by atoms with Crippen LogP contribution < -0.4 is 5.32 Å². The Morgan fingerprint density at radius 1 is 1.50 bits per heavy atom. The number of hydrogen-bond acceptors (Lipinski definition) is 5. The Balaban J connectivity index is 0.00000288. The number of hydrogen-bond donors (Lipinski definition) is 1. The van der Waals surface area contributed by atoms with Crippen LogP contribution in [0.2, 0.25) is 0 Å². The molecule has 0 fully saturated rings. The van der Waals surface area contributed by atoms with E-state index in [1.54, 1.807) is 23.1 Å². The zero-order valence-corrected chi connectivity index (χ0v) is 18.3. The molecule has 0 unspecified atom stereocenters. The van der Waals surface area contributed by atoms with Gasteiger partial charge in [-0.15, -0.1) is 35.3 Å². The van der Waals surface area contributed by atoms with Crippen LogP contribution in [-0.4, -0.2) is 51.5 Å². The van der Waals surface area contributed by atoms with Crippen LogP contribution in [0.25, 0.3) is 0 Å². The first-order chi connectivity index (χ1) is 11.2. The smallest absolute Gasteiger partial charge is 0.193 e. The molecule has 0 saturated heterocycles. The standard InChI is InChI=1S/C15H24N6S2.HI/c1-4-16-14(20(2)11-13-10-19-21(3)12-13)17-6-5-8-22-15-18-7-9-23-15;/h7,9-10,12H,4-6,8,11H2,1-3H3,(H,16,17);1H. The first kappa shape index (κ1) is 21.2. The molecule has 2 rings (SSSR count).